The predicted molar refractivity (Wildman–Crippen MR) is 90.5 cm³/mol. The molecule has 1 unspecified atom stereocenters. The third kappa shape index (κ3) is 2.84. The van der Waals surface area contributed by atoms with E-state index in [2.05, 4.69) is 10.5 Å². The van der Waals surface area contributed by atoms with Crippen molar-refractivity contribution in [3.63, 3.8) is 0 Å². The van der Waals surface area contributed by atoms with Gasteiger partial charge in [0, 0.05) is 16.1 Å². The molecule has 1 atom stereocenters. The van der Waals surface area contributed by atoms with E-state index in [1.165, 1.54) is 0 Å². The zero-order chi connectivity index (χ0) is 15.6. The molecule has 1 aliphatic heterocycles. The quantitative estimate of drug-likeness (QED) is 0.887. The molecule has 0 aliphatic carbocycles. The Labute approximate surface area is 139 Å². The van der Waals surface area contributed by atoms with Crippen molar-refractivity contribution < 1.29 is 4.84 Å². The zero-order valence-corrected chi connectivity index (χ0v) is 13.7. The second-order valence-corrected chi connectivity index (χ2v) is 6.00. The third-order valence-electron chi connectivity index (χ3n) is 3.67. The molecule has 1 aliphatic rings. The molecule has 5 heteroatoms. The number of nitrogens with zero attached hydrogens (tertiary/aromatic N) is 1. The molecule has 1 heterocycles. The Morgan fingerprint density at radius 3 is 2.64 bits per heavy atom. The number of oxime groups is 1. The monoisotopic (exact) mass is 334 g/mol. The van der Waals surface area contributed by atoms with Gasteiger partial charge in [0.15, 0.2) is 0 Å². The number of hydrogen-bond acceptors (Lipinski definition) is 3. The lowest BCUT2D eigenvalue weighted by Crippen LogP contribution is -2.42. The molecule has 114 valence electrons. The Morgan fingerprint density at radius 1 is 1.18 bits per heavy atom. The molecule has 0 fully saturated rings. The van der Waals surface area contributed by atoms with Gasteiger partial charge in [-0.3, -0.25) is 5.32 Å². The molecule has 0 amide bonds. The van der Waals surface area contributed by atoms with Crippen molar-refractivity contribution in [2.75, 3.05) is 6.54 Å². The first-order valence-electron chi connectivity index (χ1n) is 7.15. The minimum atomic E-state index is -0.645. The van der Waals surface area contributed by atoms with Crippen LogP contribution in [0.15, 0.2) is 53.7 Å². The van der Waals surface area contributed by atoms with Crippen LogP contribution in [0.2, 0.25) is 10.0 Å². The number of halogens is 2. The first-order chi connectivity index (χ1) is 10.6. The summed E-state index contributed by atoms with van der Waals surface area (Å²) in [5.41, 5.74) is 2.06. The fraction of sp³-hybridized carbons (Fsp3) is 0.235. The highest BCUT2D eigenvalue weighted by atomic mass is 35.5. The normalized spacial score (nSPS) is 20.6. The van der Waals surface area contributed by atoms with Crippen LogP contribution in [-0.2, 0) is 10.6 Å². The van der Waals surface area contributed by atoms with Gasteiger partial charge in [0.2, 0.25) is 5.72 Å². The maximum Gasteiger partial charge on any atom is 0.220 e. The van der Waals surface area contributed by atoms with Gasteiger partial charge in [0.1, 0.15) is 0 Å². The van der Waals surface area contributed by atoms with Crippen LogP contribution in [0.3, 0.4) is 0 Å². The van der Waals surface area contributed by atoms with E-state index in [0.29, 0.717) is 16.5 Å². The number of hydrogen-bond donors (Lipinski definition) is 1. The van der Waals surface area contributed by atoms with E-state index in [0.717, 1.165) is 23.4 Å². The summed E-state index contributed by atoms with van der Waals surface area (Å²) in [7, 11) is 0. The Kier molecular flexibility index (Phi) is 4.39. The van der Waals surface area contributed by atoms with E-state index in [9.17, 15) is 0 Å². The molecule has 3 nitrogen and oxygen atoms in total. The molecule has 0 aromatic heterocycles. The topological polar surface area (TPSA) is 33.6 Å². The summed E-state index contributed by atoms with van der Waals surface area (Å²) < 4.78 is 0. The van der Waals surface area contributed by atoms with Crippen molar-refractivity contribution in [3.8, 4) is 0 Å². The first kappa shape index (κ1) is 15.3. The number of nitrogens with one attached hydrogen (secondary N) is 1. The van der Waals surface area contributed by atoms with Crippen LogP contribution in [0, 0.1) is 0 Å². The number of rotatable bonds is 4. The summed E-state index contributed by atoms with van der Waals surface area (Å²) in [5.74, 6) is 0. The van der Waals surface area contributed by atoms with Crippen LogP contribution >= 0.6 is 23.2 Å². The van der Waals surface area contributed by atoms with Crippen molar-refractivity contribution in [1.82, 2.24) is 5.32 Å². The van der Waals surface area contributed by atoms with Gasteiger partial charge in [-0.1, -0.05) is 71.7 Å². The van der Waals surface area contributed by atoms with E-state index in [1.54, 1.807) is 12.1 Å². The molecule has 3 rings (SSSR count). The molecule has 0 saturated carbocycles. The molecular weight excluding hydrogens is 319 g/mol. The lowest BCUT2D eigenvalue weighted by atomic mass is 9.94. The zero-order valence-electron chi connectivity index (χ0n) is 12.1. The van der Waals surface area contributed by atoms with Crippen molar-refractivity contribution in [3.05, 3.63) is 69.7 Å². The highest BCUT2D eigenvalue weighted by molar-refractivity contribution is 6.37. The maximum absolute atomic E-state index is 6.28. The van der Waals surface area contributed by atoms with Crippen molar-refractivity contribution in [2.45, 2.75) is 19.1 Å². The average molecular weight is 335 g/mol. The second-order valence-electron chi connectivity index (χ2n) is 5.15. The molecule has 0 spiro atoms. The summed E-state index contributed by atoms with van der Waals surface area (Å²) in [6.45, 7) is 2.81. The molecule has 2 aromatic rings. The first-order valence-corrected chi connectivity index (χ1v) is 7.91. The Bertz CT molecular complexity index is 703. The third-order valence-corrected chi connectivity index (χ3v) is 4.22. The van der Waals surface area contributed by atoms with Gasteiger partial charge in [0.05, 0.1) is 17.2 Å². The Hall–Kier alpha value is -1.55. The minimum Gasteiger partial charge on any atom is -0.368 e. The molecular formula is C17H16Cl2N2O. The van der Waals surface area contributed by atoms with Gasteiger partial charge in [-0.15, -0.1) is 0 Å². The SMILES string of the molecule is CCNC1(c2ccccc2)CC(c2ccc(Cl)cc2Cl)=NO1. The summed E-state index contributed by atoms with van der Waals surface area (Å²) in [4.78, 5) is 5.80. The number of benzene rings is 2. The maximum atomic E-state index is 6.28. The van der Waals surface area contributed by atoms with E-state index >= 15 is 0 Å². The van der Waals surface area contributed by atoms with Crippen LogP contribution < -0.4 is 5.32 Å². The highest BCUT2D eigenvalue weighted by Crippen LogP contribution is 2.35. The second kappa shape index (κ2) is 6.29. The van der Waals surface area contributed by atoms with Crippen LogP contribution in [-0.4, -0.2) is 12.3 Å². The standard InChI is InChI=1S/C17H16Cl2N2O/c1-2-20-17(12-6-4-3-5-7-12)11-16(21-22-17)14-9-8-13(18)10-15(14)19/h3-10,20H,2,11H2,1H3. The van der Waals surface area contributed by atoms with E-state index in [-0.39, 0.29) is 0 Å². The summed E-state index contributed by atoms with van der Waals surface area (Å²) in [6, 6.07) is 15.4. The van der Waals surface area contributed by atoms with Crippen molar-refractivity contribution in [2.24, 2.45) is 5.16 Å². The summed E-state index contributed by atoms with van der Waals surface area (Å²) in [6.07, 6.45) is 0.603. The van der Waals surface area contributed by atoms with Crippen LogP contribution in [0.5, 0.6) is 0 Å². The highest BCUT2D eigenvalue weighted by Gasteiger charge is 2.41. The molecule has 22 heavy (non-hydrogen) atoms. The Balaban J connectivity index is 1.93. The van der Waals surface area contributed by atoms with Crippen LogP contribution in [0.25, 0.3) is 0 Å². The molecule has 0 radical (unpaired) electrons. The fourth-order valence-corrected chi connectivity index (χ4v) is 3.16. The smallest absolute Gasteiger partial charge is 0.220 e. The van der Waals surface area contributed by atoms with Crippen molar-refractivity contribution in [1.29, 1.82) is 0 Å². The van der Waals surface area contributed by atoms with E-state index in [4.69, 9.17) is 28.0 Å². The lowest BCUT2D eigenvalue weighted by Gasteiger charge is -2.27. The van der Waals surface area contributed by atoms with Crippen LogP contribution in [0.4, 0.5) is 0 Å². The fourth-order valence-electron chi connectivity index (χ4n) is 2.65. The minimum absolute atomic E-state index is 0.579. The van der Waals surface area contributed by atoms with Crippen LogP contribution in [0.1, 0.15) is 24.5 Å². The summed E-state index contributed by atoms with van der Waals surface area (Å²) >= 11 is 12.2. The van der Waals surface area contributed by atoms with Gasteiger partial charge in [0.25, 0.3) is 0 Å². The van der Waals surface area contributed by atoms with Gasteiger partial charge < -0.3 is 4.84 Å². The largest absolute Gasteiger partial charge is 0.368 e. The molecule has 1 N–H and O–H groups in total. The van der Waals surface area contributed by atoms with Gasteiger partial charge in [-0.25, -0.2) is 0 Å². The van der Waals surface area contributed by atoms with Crippen molar-refractivity contribution >= 4 is 28.9 Å². The summed E-state index contributed by atoms with van der Waals surface area (Å²) in [5, 5.41) is 8.86. The average Bonchev–Trinajstić information content (AvgIpc) is 2.94. The van der Waals surface area contributed by atoms with Gasteiger partial charge in [-0.2, -0.15) is 0 Å². The Morgan fingerprint density at radius 2 is 1.95 bits per heavy atom. The van der Waals surface area contributed by atoms with Gasteiger partial charge >= 0.3 is 0 Å². The predicted octanol–water partition coefficient (Wildman–Crippen LogP) is 4.58. The molecule has 0 saturated heterocycles. The lowest BCUT2D eigenvalue weighted by molar-refractivity contribution is -0.0501. The van der Waals surface area contributed by atoms with Gasteiger partial charge in [-0.05, 0) is 18.7 Å². The van der Waals surface area contributed by atoms with E-state index in [1.807, 2.05) is 43.3 Å². The molecule has 2 aromatic carbocycles. The molecule has 0 bridgehead atoms. The van der Waals surface area contributed by atoms with E-state index < -0.39 is 5.72 Å².